The van der Waals surface area contributed by atoms with Gasteiger partial charge in [0, 0.05) is 21.2 Å². The van der Waals surface area contributed by atoms with E-state index in [1.807, 2.05) is 11.4 Å². The highest BCUT2D eigenvalue weighted by molar-refractivity contribution is 9.10. The summed E-state index contributed by atoms with van der Waals surface area (Å²) in [6.07, 6.45) is 0.249. The first-order valence-corrected chi connectivity index (χ1v) is 5.78. The van der Waals surface area contributed by atoms with Crippen molar-refractivity contribution in [2.75, 3.05) is 0 Å². The molecular formula is C9H8BrNO2S. The second-order valence-electron chi connectivity index (χ2n) is 3.52. The molecule has 2 heterocycles. The molecule has 1 aromatic heterocycles. The van der Waals surface area contributed by atoms with Gasteiger partial charge in [0.05, 0.1) is 5.41 Å². The van der Waals surface area contributed by atoms with Crippen molar-refractivity contribution in [3.05, 3.63) is 20.8 Å². The second-order valence-corrected chi connectivity index (χ2v) is 5.34. The van der Waals surface area contributed by atoms with Crippen LogP contribution in [0.2, 0.25) is 0 Å². The molecule has 0 saturated carbocycles. The van der Waals surface area contributed by atoms with Crippen molar-refractivity contribution >= 4 is 39.1 Å². The molecule has 2 amide bonds. The molecule has 1 fully saturated rings. The third-order valence-corrected chi connectivity index (χ3v) is 4.33. The van der Waals surface area contributed by atoms with Gasteiger partial charge in [-0.3, -0.25) is 14.9 Å². The first-order chi connectivity index (χ1) is 6.52. The monoisotopic (exact) mass is 273 g/mol. The van der Waals surface area contributed by atoms with Gasteiger partial charge in [-0.05, 0) is 28.9 Å². The SMILES string of the molecule is CC1(c2cc(Br)cs2)CC(=O)NC1=O. The molecule has 1 aromatic rings. The van der Waals surface area contributed by atoms with Gasteiger partial charge in [0.25, 0.3) is 0 Å². The van der Waals surface area contributed by atoms with Crippen LogP contribution in [0.25, 0.3) is 0 Å². The summed E-state index contributed by atoms with van der Waals surface area (Å²) < 4.78 is 0.950. The maximum Gasteiger partial charge on any atom is 0.238 e. The lowest BCUT2D eigenvalue weighted by molar-refractivity contribution is -0.126. The largest absolute Gasteiger partial charge is 0.296 e. The first-order valence-electron chi connectivity index (χ1n) is 4.11. The molecule has 2 rings (SSSR count). The van der Waals surface area contributed by atoms with Gasteiger partial charge in [0.1, 0.15) is 0 Å². The fourth-order valence-electron chi connectivity index (χ4n) is 1.51. The summed E-state index contributed by atoms with van der Waals surface area (Å²) in [7, 11) is 0. The number of rotatable bonds is 1. The van der Waals surface area contributed by atoms with E-state index in [0.29, 0.717) is 0 Å². The topological polar surface area (TPSA) is 46.2 Å². The molecule has 0 bridgehead atoms. The molecule has 1 aliphatic rings. The summed E-state index contributed by atoms with van der Waals surface area (Å²) in [5.74, 6) is -0.390. The average molecular weight is 274 g/mol. The van der Waals surface area contributed by atoms with Gasteiger partial charge >= 0.3 is 0 Å². The van der Waals surface area contributed by atoms with Crippen LogP contribution in [0.3, 0.4) is 0 Å². The van der Waals surface area contributed by atoms with Crippen LogP contribution in [0.5, 0.6) is 0 Å². The van der Waals surface area contributed by atoms with Gasteiger partial charge in [-0.1, -0.05) is 0 Å². The smallest absolute Gasteiger partial charge is 0.238 e. The predicted octanol–water partition coefficient (Wildman–Crippen LogP) is 1.81. The minimum absolute atomic E-state index is 0.193. The first kappa shape index (κ1) is 9.86. The highest BCUT2D eigenvalue weighted by atomic mass is 79.9. The fourth-order valence-corrected chi connectivity index (χ4v) is 3.10. The van der Waals surface area contributed by atoms with Gasteiger partial charge in [-0.2, -0.15) is 0 Å². The molecule has 0 radical (unpaired) electrons. The van der Waals surface area contributed by atoms with E-state index in [1.54, 1.807) is 6.92 Å². The van der Waals surface area contributed by atoms with Crippen LogP contribution in [0, 0.1) is 0 Å². The molecule has 5 heteroatoms. The Balaban J connectivity index is 2.42. The van der Waals surface area contributed by atoms with E-state index in [-0.39, 0.29) is 18.2 Å². The standard InChI is InChI=1S/C9H8BrNO2S/c1-9(3-7(12)11-8(9)13)6-2-5(10)4-14-6/h2,4H,3H2,1H3,(H,11,12,13). The Morgan fingerprint density at radius 3 is 2.71 bits per heavy atom. The summed E-state index contributed by atoms with van der Waals surface area (Å²) >= 11 is 4.82. The zero-order valence-corrected chi connectivity index (χ0v) is 9.87. The number of imide groups is 1. The minimum atomic E-state index is -0.673. The van der Waals surface area contributed by atoms with Crippen molar-refractivity contribution < 1.29 is 9.59 Å². The van der Waals surface area contributed by atoms with Crippen LogP contribution in [-0.2, 0) is 15.0 Å². The van der Waals surface area contributed by atoms with E-state index < -0.39 is 5.41 Å². The van der Waals surface area contributed by atoms with Gasteiger partial charge in [-0.25, -0.2) is 0 Å². The maximum atomic E-state index is 11.6. The van der Waals surface area contributed by atoms with Crippen molar-refractivity contribution in [2.24, 2.45) is 0 Å². The van der Waals surface area contributed by atoms with Gasteiger partial charge in [0.15, 0.2) is 0 Å². The van der Waals surface area contributed by atoms with E-state index in [2.05, 4.69) is 21.2 Å². The summed E-state index contributed by atoms with van der Waals surface area (Å²) in [6, 6.07) is 1.89. The lowest BCUT2D eigenvalue weighted by Crippen LogP contribution is -2.31. The van der Waals surface area contributed by atoms with Crippen molar-refractivity contribution in [2.45, 2.75) is 18.8 Å². The molecular weight excluding hydrogens is 266 g/mol. The Morgan fingerprint density at radius 2 is 2.29 bits per heavy atom. The molecule has 0 aliphatic carbocycles. The maximum absolute atomic E-state index is 11.6. The number of carbonyl (C=O) groups is 2. The van der Waals surface area contributed by atoms with E-state index in [4.69, 9.17) is 0 Å². The van der Waals surface area contributed by atoms with Crippen molar-refractivity contribution in [1.82, 2.24) is 5.32 Å². The van der Waals surface area contributed by atoms with Crippen LogP contribution < -0.4 is 5.32 Å². The molecule has 1 atom stereocenters. The molecule has 1 unspecified atom stereocenters. The predicted molar refractivity (Wildman–Crippen MR) is 57.1 cm³/mol. The lowest BCUT2D eigenvalue weighted by Gasteiger charge is -2.16. The van der Waals surface area contributed by atoms with Gasteiger partial charge in [-0.15, -0.1) is 11.3 Å². The zero-order chi connectivity index (χ0) is 10.3. The number of amides is 2. The molecule has 14 heavy (non-hydrogen) atoms. The highest BCUT2D eigenvalue weighted by Crippen LogP contribution is 2.37. The molecule has 3 nitrogen and oxygen atoms in total. The van der Waals surface area contributed by atoms with E-state index in [0.717, 1.165) is 9.35 Å². The molecule has 0 spiro atoms. The summed E-state index contributed by atoms with van der Waals surface area (Å²) in [4.78, 5) is 23.6. The Kier molecular flexibility index (Phi) is 2.23. The van der Waals surface area contributed by atoms with Crippen molar-refractivity contribution in [3.63, 3.8) is 0 Å². The molecule has 74 valence electrons. The van der Waals surface area contributed by atoms with E-state index >= 15 is 0 Å². The summed E-state index contributed by atoms with van der Waals surface area (Å²) in [5, 5.41) is 4.24. The number of thiophene rings is 1. The molecule has 1 saturated heterocycles. The number of nitrogens with one attached hydrogen (secondary N) is 1. The van der Waals surface area contributed by atoms with Crippen LogP contribution in [0.15, 0.2) is 15.9 Å². The Hall–Kier alpha value is -0.680. The second kappa shape index (κ2) is 3.17. The third kappa shape index (κ3) is 1.40. The fraction of sp³-hybridized carbons (Fsp3) is 0.333. The normalized spacial score (nSPS) is 26.7. The number of halogens is 1. The molecule has 1 N–H and O–H groups in total. The number of hydrogen-bond acceptors (Lipinski definition) is 3. The Labute approximate surface area is 93.6 Å². The van der Waals surface area contributed by atoms with Crippen molar-refractivity contribution in [3.8, 4) is 0 Å². The van der Waals surface area contributed by atoms with E-state index in [1.165, 1.54) is 11.3 Å². The van der Waals surface area contributed by atoms with Crippen LogP contribution >= 0.6 is 27.3 Å². The van der Waals surface area contributed by atoms with Crippen LogP contribution in [0.1, 0.15) is 18.2 Å². The summed E-state index contributed by atoms with van der Waals surface area (Å²) in [5.41, 5.74) is -0.673. The van der Waals surface area contributed by atoms with Gasteiger partial charge in [0.2, 0.25) is 11.8 Å². The lowest BCUT2D eigenvalue weighted by atomic mass is 9.87. The Bertz CT molecular complexity index is 415. The zero-order valence-electron chi connectivity index (χ0n) is 7.46. The highest BCUT2D eigenvalue weighted by Gasteiger charge is 2.44. The average Bonchev–Trinajstić information content (AvgIpc) is 2.59. The number of hydrogen-bond donors (Lipinski definition) is 1. The summed E-state index contributed by atoms with van der Waals surface area (Å²) in [6.45, 7) is 1.80. The quantitative estimate of drug-likeness (QED) is 0.794. The van der Waals surface area contributed by atoms with Gasteiger partial charge < -0.3 is 0 Å². The molecule has 1 aliphatic heterocycles. The minimum Gasteiger partial charge on any atom is -0.296 e. The number of carbonyl (C=O) groups excluding carboxylic acids is 2. The van der Waals surface area contributed by atoms with Crippen molar-refractivity contribution in [1.29, 1.82) is 0 Å². The third-order valence-electron chi connectivity index (χ3n) is 2.38. The molecule has 0 aromatic carbocycles. The van der Waals surface area contributed by atoms with Crippen LogP contribution in [-0.4, -0.2) is 11.8 Å². The van der Waals surface area contributed by atoms with E-state index in [9.17, 15) is 9.59 Å². The Morgan fingerprint density at radius 1 is 1.57 bits per heavy atom. The van der Waals surface area contributed by atoms with Crippen LogP contribution in [0.4, 0.5) is 0 Å².